The molecular formula is C20H17FN2O3S. The minimum Gasteiger partial charge on any atom is -0.497 e. The summed E-state index contributed by atoms with van der Waals surface area (Å²) in [7, 11) is 1.55. The standard InChI is InChI=1S/C20H17FN2O3S/c1-12-18(27-20(23-12)14-3-7-15(21)8-4-14)19(25)22-11-17(24)13-5-9-16(26-2)10-6-13/h3-10H,11H2,1-2H3,(H,22,25). The fraction of sp³-hybridized carbons (Fsp3) is 0.150. The quantitative estimate of drug-likeness (QED) is 0.655. The van der Waals surface area contributed by atoms with Gasteiger partial charge in [0, 0.05) is 11.1 Å². The monoisotopic (exact) mass is 384 g/mol. The molecule has 1 N–H and O–H groups in total. The predicted molar refractivity (Wildman–Crippen MR) is 102 cm³/mol. The molecule has 0 aliphatic carbocycles. The van der Waals surface area contributed by atoms with Crippen LogP contribution in [0.5, 0.6) is 5.75 Å². The zero-order valence-corrected chi connectivity index (χ0v) is 15.6. The lowest BCUT2D eigenvalue weighted by Gasteiger charge is -2.05. The number of halogens is 1. The number of hydrogen-bond donors (Lipinski definition) is 1. The van der Waals surface area contributed by atoms with Crippen LogP contribution in [0.1, 0.15) is 25.7 Å². The van der Waals surface area contributed by atoms with Gasteiger partial charge < -0.3 is 10.1 Å². The Balaban J connectivity index is 1.67. The van der Waals surface area contributed by atoms with Crippen LogP contribution in [-0.4, -0.2) is 30.3 Å². The molecule has 138 valence electrons. The number of thiazole rings is 1. The van der Waals surface area contributed by atoms with Gasteiger partial charge in [0.1, 0.15) is 21.5 Å². The van der Waals surface area contributed by atoms with Crippen LogP contribution in [0.2, 0.25) is 0 Å². The molecule has 0 unspecified atom stereocenters. The van der Waals surface area contributed by atoms with Gasteiger partial charge in [-0.25, -0.2) is 9.37 Å². The number of ketones is 1. The molecule has 0 radical (unpaired) electrons. The highest BCUT2D eigenvalue weighted by atomic mass is 32.1. The number of carbonyl (C=O) groups excluding carboxylic acids is 2. The average molecular weight is 384 g/mol. The molecule has 27 heavy (non-hydrogen) atoms. The van der Waals surface area contributed by atoms with E-state index >= 15 is 0 Å². The number of carbonyl (C=O) groups is 2. The fourth-order valence-electron chi connectivity index (χ4n) is 2.44. The number of rotatable bonds is 6. The van der Waals surface area contributed by atoms with Crippen LogP contribution in [0.25, 0.3) is 10.6 Å². The summed E-state index contributed by atoms with van der Waals surface area (Å²) in [4.78, 5) is 29.4. The Labute approximate surface area is 159 Å². The van der Waals surface area contributed by atoms with E-state index in [-0.39, 0.29) is 24.1 Å². The topological polar surface area (TPSA) is 68.3 Å². The van der Waals surface area contributed by atoms with E-state index in [1.54, 1.807) is 50.4 Å². The molecule has 0 saturated carbocycles. The highest BCUT2D eigenvalue weighted by Crippen LogP contribution is 2.28. The number of methoxy groups -OCH3 is 1. The van der Waals surface area contributed by atoms with E-state index < -0.39 is 0 Å². The fourth-order valence-corrected chi connectivity index (χ4v) is 3.43. The highest BCUT2D eigenvalue weighted by molar-refractivity contribution is 7.17. The van der Waals surface area contributed by atoms with Crippen LogP contribution in [0.3, 0.4) is 0 Å². The van der Waals surface area contributed by atoms with Crippen LogP contribution in [0.4, 0.5) is 4.39 Å². The van der Waals surface area contributed by atoms with Crippen molar-refractivity contribution in [2.24, 2.45) is 0 Å². The molecule has 0 bridgehead atoms. The van der Waals surface area contributed by atoms with Crippen molar-refractivity contribution >= 4 is 23.0 Å². The lowest BCUT2D eigenvalue weighted by Crippen LogP contribution is -2.29. The molecule has 5 nitrogen and oxygen atoms in total. The first-order valence-electron chi connectivity index (χ1n) is 8.16. The van der Waals surface area contributed by atoms with E-state index in [2.05, 4.69) is 10.3 Å². The number of nitrogens with one attached hydrogen (secondary N) is 1. The van der Waals surface area contributed by atoms with E-state index in [0.717, 1.165) is 5.56 Å². The summed E-state index contributed by atoms with van der Waals surface area (Å²) in [6, 6.07) is 12.6. The number of nitrogens with zero attached hydrogens (tertiary/aromatic N) is 1. The third-order valence-electron chi connectivity index (χ3n) is 3.92. The van der Waals surface area contributed by atoms with Gasteiger partial charge in [-0.05, 0) is 55.5 Å². The van der Waals surface area contributed by atoms with E-state index in [1.807, 2.05) is 0 Å². The van der Waals surface area contributed by atoms with Gasteiger partial charge in [-0.1, -0.05) is 0 Å². The lowest BCUT2D eigenvalue weighted by molar-refractivity contribution is 0.0906. The third-order valence-corrected chi connectivity index (χ3v) is 5.12. The highest BCUT2D eigenvalue weighted by Gasteiger charge is 2.17. The molecule has 0 saturated heterocycles. The smallest absolute Gasteiger partial charge is 0.263 e. The number of amides is 1. The van der Waals surface area contributed by atoms with Crippen molar-refractivity contribution < 1.29 is 18.7 Å². The third kappa shape index (κ3) is 4.38. The molecule has 0 aliphatic heterocycles. The van der Waals surface area contributed by atoms with Gasteiger partial charge >= 0.3 is 0 Å². The minimum atomic E-state index is -0.361. The molecule has 2 aromatic carbocycles. The average Bonchev–Trinajstić information content (AvgIpc) is 3.08. The van der Waals surface area contributed by atoms with Gasteiger partial charge in [0.25, 0.3) is 5.91 Å². The van der Waals surface area contributed by atoms with Gasteiger partial charge in [0.05, 0.1) is 19.3 Å². The molecule has 0 spiro atoms. The molecule has 3 rings (SSSR count). The Hall–Kier alpha value is -3.06. The first kappa shape index (κ1) is 18.7. The zero-order chi connectivity index (χ0) is 19.4. The number of benzene rings is 2. The SMILES string of the molecule is COc1ccc(C(=O)CNC(=O)c2sc(-c3ccc(F)cc3)nc2C)cc1. The van der Waals surface area contributed by atoms with Crippen molar-refractivity contribution in [3.63, 3.8) is 0 Å². The number of hydrogen-bond acceptors (Lipinski definition) is 5. The Morgan fingerprint density at radius 2 is 1.78 bits per heavy atom. The molecule has 0 aliphatic rings. The molecule has 1 aromatic heterocycles. The van der Waals surface area contributed by atoms with Gasteiger partial charge in [-0.2, -0.15) is 0 Å². The van der Waals surface area contributed by atoms with Crippen molar-refractivity contribution in [1.29, 1.82) is 0 Å². The number of aryl methyl sites for hydroxylation is 1. The van der Waals surface area contributed by atoms with Gasteiger partial charge in [0.15, 0.2) is 5.78 Å². The second-order valence-corrected chi connectivity index (χ2v) is 6.77. The molecule has 3 aromatic rings. The summed E-state index contributed by atoms with van der Waals surface area (Å²) in [5.41, 5.74) is 1.79. The summed E-state index contributed by atoms with van der Waals surface area (Å²) in [5, 5.41) is 3.26. The van der Waals surface area contributed by atoms with Crippen molar-refractivity contribution in [3.8, 4) is 16.3 Å². The Morgan fingerprint density at radius 3 is 2.41 bits per heavy atom. The number of aromatic nitrogens is 1. The van der Waals surface area contributed by atoms with Crippen LogP contribution < -0.4 is 10.1 Å². The zero-order valence-electron chi connectivity index (χ0n) is 14.8. The predicted octanol–water partition coefficient (Wildman–Crippen LogP) is 3.88. The summed E-state index contributed by atoms with van der Waals surface area (Å²) >= 11 is 1.21. The van der Waals surface area contributed by atoms with Crippen molar-refractivity contribution in [2.45, 2.75) is 6.92 Å². The van der Waals surface area contributed by atoms with E-state index in [0.29, 0.717) is 26.9 Å². The van der Waals surface area contributed by atoms with Crippen molar-refractivity contribution in [2.75, 3.05) is 13.7 Å². The Morgan fingerprint density at radius 1 is 1.11 bits per heavy atom. The van der Waals surface area contributed by atoms with Crippen molar-refractivity contribution in [1.82, 2.24) is 10.3 Å². The van der Waals surface area contributed by atoms with Crippen LogP contribution in [0, 0.1) is 12.7 Å². The molecule has 1 heterocycles. The first-order valence-corrected chi connectivity index (χ1v) is 8.98. The van der Waals surface area contributed by atoms with E-state index in [4.69, 9.17) is 4.74 Å². The van der Waals surface area contributed by atoms with Crippen molar-refractivity contribution in [3.05, 3.63) is 70.5 Å². The molecule has 1 amide bonds. The molecule has 0 atom stereocenters. The maximum absolute atomic E-state index is 13.1. The van der Waals surface area contributed by atoms with E-state index in [1.165, 1.54) is 23.5 Å². The van der Waals surface area contributed by atoms with Crippen LogP contribution >= 0.6 is 11.3 Å². The lowest BCUT2D eigenvalue weighted by atomic mass is 10.1. The largest absolute Gasteiger partial charge is 0.497 e. The second kappa shape index (κ2) is 8.09. The molecular weight excluding hydrogens is 367 g/mol. The van der Waals surface area contributed by atoms with Gasteiger partial charge in [-0.15, -0.1) is 11.3 Å². The minimum absolute atomic E-state index is 0.117. The maximum Gasteiger partial charge on any atom is 0.263 e. The van der Waals surface area contributed by atoms with Gasteiger partial charge in [-0.3, -0.25) is 9.59 Å². The molecule has 7 heteroatoms. The van der Waals surface area contributed by atoms with Gasteiger partial charge in [0.2, 0.25) is 0 Å². The molecule has 0 fully saturated rings. The maximum atomic E-state index is 13.1. The second-order valence-electron chi connectivity index (χ2n) is 5.77. The summed E-state index contributed by atoms with van der Waals surface area (Å²) < 4.78 is 18.1. The van der Waals surface area contributed by atoms with Crippen LogP contribution in [-0.2, 0) is 0 Å². The Kier molecular flexibility index (Phi) is 5.61. The summed E-state index contributed by atoms with van der Waals surface area (Å²) in [6.07, 6.45) is 0. The number of ether oxygens (including phenoxy) is 1. The van der Waals surface area contributed by atoms with Crippen LogP contribution in [0.15, 0.2) is 48.5 Å². The van der Waals surface area contributed by atoms with E-state index in [9.17, 15) is 14.0 Å². The summed E-state index contributed by atoms with van der Waals surface area (Å²) in [6.45, 7) is 1.61. The first-order chi connectivity index (χ1) is 13.0. The normalized spacial score (nSPS) is 10.5. The summed E-state index contributed by atoms with van der Waals surface area (Å²) in [5.74, 6) is -0.238. The Bertz CT molecular complexity index is 966. The number of Topliss-reactive ketones (excluding diaryl/α,β-unsaturated/α-hetero) is 1.